The molecule has 0 spiro atoms. The van der Waals surface area contributed by atoms with Gasteiger partial charge in [-0.2, -0.15) is 0 Å². The smallest absolute Gasteiger partial charge is 0.180 e. The van der Waals surface area contributed by atoms with Gasteiger partial charge >= 0.3 is 0 Å². The Labute approximate surface area is 115 Å². The minimum absolute atomic E-state index is 0.347. The molecule has 0 saturated heterocycles. The van der Waals surface area contributed by atoms with Crippen LogP contribution in [0.4, 0.5) is 10.2 Å². The maximum atomic E-state index is 12.9. The van der Waals surface area contributed by atoms with Crippen molar-refractivity contribution >= 4 is 5.82 Å². The maximum Gasteiger partial charge on any atom is 0.180 e. The van der Waals surface area contributed by atoms with Gasteiger partial charge in [-0.1, -0.05) is 30.3 Å². The zero-order valence-corrected chi connectivity index (χ0v) is 10.5. The van der Waals surface area contributed by atoms with Crippen LogP contribution in [0.3, 0.4) is 0 Å². The number of nitrogen functional groups attached to an aromatic ring is 1. The molecule has 4 nitrogen and oxygen atoms in total. The van der Waals surface area contributed by atoms with E-state index in [1.54, 1.807) is 6.07 Å². The Bertz CT molecular complexity index is 727. The fourth-order valence-electron chi connectivity index (χ4n) is 1.85. The average molecular weight is 266 g/mol. The van der Waals surface area contributed by atoms with Gasteiger partial charge in [-0.3, -0.25) is 0 Å². The standard InChI is InChI=1S/C15H11FN4/c16-11-6-7-12(18-9-11)15-19-13(8-14(17)20-15)10-4-2-1-3-5-10/h1-9H,(H2,17,19,20). The summed E-state index contributed by atoms with van der Waals surface area (Å²) in [6.45, 7) is 0. The molecule has 0 aliphatic rings. The van der Waals surface area contributed by atoms with E-state index in [1.165, 1.54) is 12.1 Å². The molecule has 2 N–H and O–H groups in total. The number of rotatable bonds is 2. The average Bonchev–Trinajstić information content (AvgIpc) is 2.48. The van der Waals surface area contributed by atoms with Gasteiger partial charge in [-0.05, 0) is 12.1 Å². The molecule has 0 aliphatic heterocycles. The number of nitrogens with zero attached hydrogens (tertiary/aromatic N) is 3. The lowest BCUT2D eigenvalue weighted by molar-refractivity contribution is 0.621. The fourth-order valence-corrected chi connectivity index (χ4v) is 1.85. The van der Waals surface area contributed by atoms with Crippen LogP contribution in [0, 0.1) is 5.82 Å². The lowest BCUT2D eigenvalue weighted by atomic mass is 10.1. The third-order valence-corrected chi connectivity index (χ3v) is 2.77. The van der Waals surface area contributed by atoms with E-state index in [1.807, 2.05) is 30.3 Å². The molecule has 0 saturated carbocycles. The van der Waals surface area contributed by atoms with Gasteiger partial charge in [0.25, 0.3) is 0 Å². The van der Waals surface area contributed by atoms with Gasteiger partial charge in [0.1, 0.15) is 17.3 Å². The lowest BCUT2D eigenvalue weighted by Gasteiger charge is -2.05. The van der Waals surface area contributed by atoms with Crippen LogP contribution in [0.5, 0.6) is 0 Å². The monoisotopic (exact) mass is 266 g/mol. The number of halogens is 1. The number of hydrogen-bond donors (Lipinski definition) is 1. The Balaban J connectivity index is 2.09. The van der Waals surface area contributed by atoms with E-state index in [0.29, 0.717) is 23.0 Å². The van der Waals surface area contributed by atoms with Crippen LogP contribution in [0.1, 0.15) is 0 Å². The number of benzene rings is 1. The molecular formula is C15H11FN4. The first-order chi connectivity index (χ1) is 9.72. The summed E-state index contributed by atoms with van der Waals surface area (Å²) in [4.78, 5) is 12.5. The second kappa shape index (κ2) is 5.05. The second-order valence-electron chi connectivity index (χ2n) is 4.23. The van der Waals surface area contributed by atoms with Crippen molar-refractivity contribution in [3.63, 3.8) is 0 Å². The minimum Gasteiger partial charge on any atom is -0.384 e. The molecule has 0 fully saturated rings. The molecule has 1 aromatic carbocycles. The third-order valence-electron chi connectivity index (χ3n) is 2.77. The topological polar surface area (TPSA) is 64.7 Å². The molecule has 2 aromatic heterocycles. The van der Waals surface area contributed by atoms with E-state index in [-0.39, 0.29) is 0 Å². The largest absolute Gasteiger partial charge is 0.384 e. The van der Waals surface area contributed by atoms with E-state index in [0.717, 1.165) is 11.8 Å². The molecule has 0 bridgehead atoms. The van der Waals surface area contributed by atoms with Crippen LogP contribution in [-0.4, -0.2) is 15.0 Å². The summed E-state index contributed by atoms with van der Waals surface area (Å²) in [5, 5.41) is 0. The molecular weight excluding hydrogens is 255 g/mol. The van der Waals surface area contributed by atoms with Crippen LogP contribution in [-0.2, 0) is 0 Å². The van der Waals surface area contributed by atoms with Gasteiger partial charge in [-0.25, -0.2) is 19.3 Å². The Hall–Kier alpha value is -2.82. The second-order valence-corrected chi connectivity index (χ2v) is 4.23. The summed E-state index contributed by atoms with van der Waals surface area (Å²) in [6.07, 6.45) is 1.13. The molecule has 3 aromatic rings. The fraction of sp³-hybridized carbons (Fsp3) is 0. The Morgan fingerprint density at radius 2 is 1.70 bits per heavy atom. The summed E-state index contributed by atoms with van der Waals surface area (Å²) < 4.78 is 12.9. The van der Waals surface area contributed by atoms with E-state index in [2.05, 4.69) is 15.0 Å². The number of aromatic nitrogens is 3. The molecule has 0 aliphatic carbocycles. The van der Waals surface area contributed by atoms with Crippen molar-refractivity contribution in [2.24, 2.45) is 0 Å². The van der Waals surface area contributed by atoms with Crippen molar-refractivity contribution in [1.29, 1.82) is 0 Å². The number of anilines is 1. The minimum atomic E-state index is -0.402. The van der Waals surface area contributed by atoms with Gasteiger partial charge in [0, 0.05) is 11.6 Å². The first kappa shape index (κ1) is 12.2. The summed E-state index contributed by atoms with van der Waals surface area (Å²) in [5.41, 5.74) is 7.94. The number of hydrogen-bond acceptors (Lipinski definition) is 4. The Morgan fingerprint density at radius 1 is 0.900 bits per heavy atom. The zero-order valence-electron chi connectivity index (χ0n) is 10.5. The number of nitrogens with two attached hydrogens (primary N) is 1. The maximum absolute atomic E-state index is 12.9. The molecule has 0 amide bonds. The van der Waals surface area contributed by atoms with Crippen LogP contribution >= 0.6 is 0 Å². The van der Waals surface area contributed by atoms with Crippen molar-refractivity contribution < 1.29 is 4.39 Å². The molecule has 0 unspecified atom stereocenters. The highest BCUT2D eigenvalue weighted by Gasteiger charge is 2.08. The normalized spacial score (nSPS) is 10.4. The predicted molar refractivity (Wildman–Crippen MR) is 75.1 cm³/mol. The van der Waals surface area contributed by atoms with E-state index < -0.39 is 5.82 Å². The van der Waals surface area contributed by atoms with Crippen LogP contribution in [0.15, 0.2) is 54.7 Å². The molecule has 20 heavy (non-hydrogen) atoms. The van der Waals surface area contributed by atoms with E-state index in [4.69, 9.17) is 5.73 Å². The highest BCUT2D eigenvalue weighted by atomic mass is 19.1. The zero-order chi connectivity index (χ0) is 13.9. The molecule has 98 valence electrons. The highest BCUT2D eigenvalue weighted by molar-refractivity contribution is 5.65. The van der Waals surface area contributed by atoms with Crippen LogP contribution < -0.4 is 5.73 Å². The lowest BCUT2D eigenvalue weighted by Crippen LogP contribution is -1.99. The first-order valence-corrected chi connectivity index (χ1v) is 6.04. The van der Waals surface area contributed by atoms with Crippen molar-refractivity contribution in [2.75, 3.05) is 5.73 Å². The molecule has 2 heterocycles. The van der Waals surface area contributed by atoms with Gasteiger partial charge in [0.15, 0.2) is 5.82 Å². The SMILES string of the molecule is Nc1cc(-c2ccccc2)nc(-c2ccc(F)cn2)n1. The van der Waals surface area contributed by atoms with Crippen molar-refractivity contribution in [1.82, 2.24) is 15.0 Å². The summed E-state index contributed by atoms with van der Waals surface area (Å²) in [7, 11) is 0. The first-order valence-electron chi connectivity index (χ1n) is 6.04. The van der Waals surface area contributed by atoms with Gasteiger partial charge in [0.05, 0.1) is 11.9 Å². The van der Waals surface area contributed by atoms with E-state index in [9.17, 15) is 4.39 Å². The molecule has 3 rings (SSSR count). The van der Waals surface area contributed by atoms with Gasteiger partial charge in [0.2, 0.25) is 0 Å². The quantitative estimate of drug-likeness (QED) is 0.774. The summed E-state index contributed by atoms with van der Waals surface area (Å²) in [6, 6.07) is 14.2. The van der Waals surface area contributed by atoms with Gasteiger partial charge < -0.3 is 5.73 Å². The third kappa shape index (κ3) is 2.47. The Kier molecular flexibility index (Phi) is 3.09. The molecule has 5 heteroatoms. The molecule has 0 atom stereocenters. The van der Waals surface area contributed by atoms with Crippen LogP contribution in [0.25, 0.3) is 22.8 Å². The van der Waals surface area contributed by atoms with Crippen molar-refractivity contribution in [3.05, 3.63) is 60.5 Å². The van der Waals surface area contributed by atoms with Crippen molar-refractivity contribution in [2.45, 2.75) is 0 Å². The Morgan fingerprint density at radius 3 is 2.40 bits per heavy atom. The van der Waals surface area contributed by atoms with Crippen LogP contribution in [0.2, 0.25) is 0 Å². The van der Waals surface area contributed by atoms with Gasteiger partial charge in [-0.15, -0.1) is 0 Å². The van der Waals surface area contributed by atoms with E-state index >= 15 is 0 Å². The highest BCUT2D eigenvalue weighted by Crippen LogP contribution is 2.22. The number of pyridine rings is 1. The molecule has 0 radical (unpaired) electrons. The predicted octanol–water partition coefficient (Wildman–Crippen LogP) is 2.93. The summed E-state index contributed by atoms with van der Waals surface area (Å²) >= 11 is 0. The summed E-state index contributed by atoms with van der Waals surface area (Å²) in [5.74, 6) is 0.324. The van der Waals surface area contributed by atoms with Crippen molar-refractivity contribution in [3.8, 4) is 22.8 Å².